The third kappa shape index (κ3) is 4.11. The fourth-order valence-corrected chi connectivity index (χ4v) is 2.75. The second-order valence-electron chi connectivity index (χ2n) is 4.67. The SMILES string of the molecule is [2H]c1cc([N+](=O)[O-])ccc1S(=O)(=O)C(=O)[C@H](O)[C@@H](O)[C@H](O)[C@H](O)CO. The highest BCUT2D eigenvalue weighted by atomic mass is 32.2. The Hall–Kier alpha value is -1.96. The average Bonchev–Trinajstić information content (AvgIpc) is 2.57. The van der Waals surface area contributed by atoms with Crippen LogP contribution in [0.4, 0.5) is 5.69 Å². The van der Waals surface area contributed by atoms with Gasteiger partial charge in [-0.3, -0.25) is 14.9 Å². The highest BCUT2D eigenvalue weighted by Crippen LogP contribution is 2.19. The van der Waals surface area contributed by atoms with Crippen molar-refractivity contribution in [2.75, 3.05) is 6.61 Å². The molecule has 4 atom stereocenters. The van der Waals surface area contributed by atoms with Gasteiger partial charge in [0.05, 0.1) is 17.8 Å². The maximum absolute atomic E-state index is 12.1. The van der Waals surface area contributed by atoms with Gasteiger partial charge in [0, 0.05) is 12.1 Å². The van der Waals surface area contributed by atoms with Gasteiger partial charge in [-0.05, 0) is 12.1 Å². The van der Waals surface area contributed by atoms with Gasteiger partial charge in [0.2, 0.25) is 9.84 Å². The predicted molar refractivity (Wildman–Crippen MR) is 76.4 cm³/mol. The maximum Gasteiger partial charge on any atom is 0.282 e. The van der Waals surface area contributed by atoms with Crippen LogP contribution in [0.5, 0.6) is 0 Å². The van der Waals surface area contributed by atoms with Crippen molar-refractivity contribution in [2.24, 2.45) is 0 Å². The van der Waals surface area contributed by atoms with E-state index in [4.69, 9.17) is 11.6 Å². The van der Waals surface area contributed by atoms with E-state index in [2.05, 4.69) is 0 Å². The minimum atomic E-state index is -5.04. The van der Waals surface area contributed by atoms with Gasteiger partial charge in [-0.1, -0.05) is 0 Å². The number of carbonyl (C=O) groups is 1. The molecule has 12 heteroatoms. The standard InChI is InChI=1S/C12H15NO10S/c14-5-8(15)9(16)10(17)11(18)12(19)24(22,23)7-3-1-6(2-4-7)13(20)21/h1-4,8-11,14-18H,5H2/t8-,9-,10+,11-/m1/s1/i3D. The van der Waals surface area contributed by atoms with Crippen LogP contribution in [-0.4, -0.2) is 75.0 Å². The number of aliphatic hydroxyl groups is 5. The molecule has 0 radical (unpaired) electrons. The summed E-state index contributed by atoms with van der Waals surface area (Å²) in [6.45, 7) is -1.04. The summed E-state index contributed by atoms with van der Waals surface area (Å²) < 4.78 is 31.8. The number of carbonyl (C=O) groups excluding carboxylic acids is 1. The smallest absolute Gasteiger partial charge is 0.282 e. The highest BCUT2D eigenvalue weighted by molar-refractivity contribution is 8.06. The van der Waals surface area contributed by atoms with Crippen molar-refractivity contribution >= 4 is 20.6 Å². The number of hydrogen-bond donors (Lipinski definition) is 5. The predicted octanol–water partition coefficient (Wildman–Crippen LogP) is -2.67. The summed E-state index contributed by atoms with van der Waals surface area (Å²) in [6.07, 6.45) is -9.33. The van der Waals surface area contributed by atoms with E-state index in [0.29, 0.717) is 12.1 Å². The molecule has 1 aromatic carbocycles. The molecular weight excluding hydrogens is 350 g/mol. The van der Waals surface area contributed by atoms with Crippen LogP contribution in [0, 0.1) is 10.1 Å². The van der Waals surface area contributed by atoms with Crippen LogP contribution in [0.1, 0.15) is 1.37 Å². The fraction of sp³-hybridized carbons (Fsp3) is 0.417. The zero-order valence-electron chi connectivity index (χ0n) is 12.9. The molecule has 0 saturated heterocycles. The molecule has 0 aliphatic carbocycles. The molecule has 0 heterocycles. The summed E-state index contributed by atoms with van der Waals surface area (Å²) in [6, 6.07) is 1.03. The second-order valence-corrected chi connectivity index (χ2v) is 6.52. The first kappa shape index (κ1) is 18.4. The molecule has 0 spiro atoms. The molecule has 1 rings (SSSR count). The van der Waals surface area contributed by atoms with Crippen molar-refractivity contribution in [2.45, 2.75) is 29.3 Å². The van der Waals surface area contributed by atoms with Gasteiger partial charge in [0.15, 0.2) is 6.10 Å². The van der Waals surface area contributed by atoms with Crippen molar-refractivity contribution in [3.8, 4) is 0 Å². The van der Waals surface area contributed by atoms with Crippen molar-refractivity contribution in [1.82, 2.24) is 0 Å². The molecule has 0 aromatic heterocycles. The van der Waals surface area contributed by atoms with E-state index in [9.17, 15) is 38.6 Å². The normalized spacial score (nSPS) is 17.5. The van der Waals surface area contributed by atoms with Gasteiger partial charge in [0.25, 0.3) is 10.8 Å². The van der Waals surface area contributed by atoms with Crippen LogP contribution >= 0.6 is 0 Å². The van der Waals surface area contributed by atoms with Gasteiger partial charge in [0.1, 0.15) is 18.3 Å². The lowest BCUT2D eigenvalue weighted by molar-refractivity contribution is -0.384. The zero-order chi connectivity index (χ0) is 19.5. The fourth-order valence-electron chi connectivity index (χ4n) is 1.61. The number of nitrogens with zero attached hydrogens (tertiary/aromatic N) is 1. The largest absolute Gasteiger partial charge is 0.394 e. The van der Waals surface area contributed by atoms with Crippen LogP contribution < -0.4 is 0 Å². The Labute approximate surface area is 136 Å². The number of non-ortho nitro benzene ring substituents is 1. The molecule has 24 heavy (non-hydrogen) atoms. The Kier molecular flexibility index (Phi) is 5.93. The number of benzene rings is 1. The topological polar surface area (TPSA) is 195 Å². The van der Waals surface area contributed by atoms with Crippen LogP contribution in [0.2, 0.25) is 0 Å². The van der Waals surface area contributed by atoms with Crippen molar-refractivity contribution in [3.05, 3.63) is 34.4 Å². The summed E-state index contributed by atoms with van der Waals surface area (Å²) in [5.41, 5.74) is -0.599. The van der Waals surface area contributed by atoms with Crippen LogP contribution in [0.15, 0.2) is 29.1 Å². The first-order chi connectivity index (χ1) is 11.4. The van der Waals surface area contributed by atoms with E-state index >= 15 is 0 Å². The molecule has 0 saturated carbocycles. The van der Waals surface area contributed by atoms with Crippen LogP contribution in [0.25, 0.3) is 0 Å². The molecule has 5 N–H and O–H groups in total. The first-order valence-electron chi connectivity index (χ1n) is 6.82. The van der Waals surface area contributed by atoms with Gasteiger partial charge in [-0.2, -0.15) is 0 Å². The molecule has 0 fully saturated rings. The minimum Gasteiger partial charge on any atom is -0.394 e. The van der Waals surface area contributed by atoms with E-state index in [-0.39, 0.29) is 0 Å². The van der Waals surface area contributed by atoms with Crippen molar-refractivity contribution in [3.63, 3.8) is 0 Å². The van der Waals surface area contributed by atoms with E-state index in [1.165, 1.54) is 0 Å². The molecular formula is C12H15NO10S. The molecule has 0 aliphatic heterocycles. The summed E-state index contributed by atoms with van der Waals surface area (Å²) in [5.74, 6) is 0. The Bertz CT molecular complexity index is 767. The van der Waals surface area contributed by atoms with E-state index in [0.717, 1.165) is 6.07 Å². The van der Waals surface area contributed by atoms with Crippen LogP contribution in [0.3, 0.4) is 0 Å². The molecule has 0 bridgehead atoms. The van der Waals surface area contributed by atoms with Crippen LogP contribution in [-0.2, 0) is 14.6 Å². The minimum absolute atomic E-state index is 0.577. The van der Waals surface area contributed by atoms with Gasteiger partial charge in [-0.25, -0.2) is 8.42 Å². The van der Waals surface area contributed by atoms with E-state index in [1.54, 1.807) is 0 Å². The number of sulfone groups is 1. The molecule has 0 unspecified atom stereocenters. The Morgan fingerprint density at radius 2 is 1.79 bits per heavy atom. The Balaban J connectivity index is 3.17. The molecule has 0 amide bonds. The third-order valence-corrected chi connectivity index (χ3v) is 4.63. The summed E-state index contributed by atoms with van der Waals surface area (Å²) in [5, 5.41) is 55.0. The summed E-state index contributed by atoms with van der Waals surface area (Å²) >= 11 is 0. The number of aliphatic hydroxyl groups excluding tert-OH is 5. The summed E-state index contributed by atoms with van der Waals surface area (Å²) in [4.78, 5) is 20.7. The lowest BCUT2D eigenvalue weighted by Crippen LogP contribution is -2.50. The molecule has 1 aromatic rings. The van der Waals surface area contributed by atoms with Gasteiger partial charge < -0.3 is 25.5 Å². The zero-order valence-corrected chi connectivity index (χ0v) is 12.7. The quantitative estimate of drug-likeness (QED) is 0.251. The highest BCUT2D eigenvalue weighted by Gasteiger charge is 2.40. The second kappa shape index (κ2) is 7.74. The number of nitro groups is 1. The van der Waals surface area contributed by atoms with E-state index < -0.39 is 67.5 Å². The Morgan fingerprint density at radius 1 is 1.21 bits per heavy atom. The molecule has 134 valence electrons. The van der Waals surface area contributed by atoms with Crippen molar-refractivity contribution in [1.29, 1.82) is 0 Å². The van der Waals surface area contributed by atoms with Crippen molar-refractivity contribution < 1.29 is 45.0 Å². The maximum atomic E-state index is 12.1. The Morgan fingerprint density at radius 3 is 2.25 bits per heavy atom. The molecule has 0 aliphatic rings. The first-order valence-corrected chi connectivity index (χ1v) is 7.80. The monoisotopic (exact) mass is 366 g/mol. The average molecular weight is 366 g/mol. The number of nitro benzene ring substituents is 1. The lowest BCUT2D eigenvalue weighted by atomic mass is 10.0. The lowest BCUT2D eigenvalue weighted by Gasteiger charge is -2.24. The van der Waals surface area contributed by atoms with Gasteiger partial charge in [-0.15, -0.1) is 0 Å². The van der Waals surface area contributed by atoms with E-state index in [1.807, 2.05) is 0 Å². The summed E-state index contributed by atoms with van der Waals surface area (Å²) in [7, 11) is -5.04. The van der Waals surface area contributed by atoms with Gasteiger partial charge >= 0.3 is 0 Å². The third-order valence-electron chi connectivity index (χ3n) is 3.03. The molecule has 11 nitrogen and oxygen atoms in total. The number of rotatable bonds is 7. The number of hydrogen-bond acceptors (Lipinski definition) is 10.